The highest BCUT2D eigenvalue weighted by atomic mass is 35.5. The Morgan fingerprint density at radius 1 is 1.30 bits per heavy atom. The van der Waals surface area contributed by atoms with E-state index in [1.165, 1.54) is 18.2 Å². The van der Waals surface area contributed by atoms with E-state index >= 15 is 0 Å². The molecule has 20 heavy (non-hydrogen) atoms. The summed E-state index contributed by atoms with van der Waals surface area (Å²) < 4.78 is 13.4. The fourth-order valence-corrected chi connectivity index (χ4v) is 2.61. The van der Waals surface area contributed by atoms with Crippen molar-refractivity contribution in [2.75, 3.05) is 32.8 Å². The molecule has 0 saturated carbocycles. The molecule has 1 aromatic carbocycles. The quantitative estimate of drug-likeness (QED) is 0.774. The van der Waals surface area contributed by atoms with Crippen molar-refractivity contribution in [3.63, 3.8) is 0 Å². The molecular weight excluding hydrogens is 283 g/mol. The maximum absolute atomic E-state index is 13.4. The normalized spacial score (nSPS) is 17.5. The third-order valence-corrected chi connectivity index (χ3v) is 3.58. The van der Waals surface area contributed by atoms with Gasteiger partial charge in [0.2, 0.25) is 0 Å². The summed E-state index contributed by atoms with van der Waals surface area (Å²) in [7, 11) is 0. The molecule has 4 nitrogen and oxygen atoms in total. The smallest absolute Gasteiger partial charge is 0.123 e. The van der Waals surface area contributed by atoms with Crippen molar-refractivity contribution in [1.82, 2.24) is 10.2 Å². The van der Waals surface area contributed by atoms with Gasteiger partial charge in [0.05, 0.1) is 0 Å². The largest absolute Gasteiger partial charge is 0.508 e. The third kappa shape index (κ3) is 4.31. The summed E-state index contributed by atoms with van der Waals surface area (Å²) in [6, 6.07) is 4.03. The van der Waals surface area contributed by atoms with Crippen LogP contribution in [0.4, 0.5) is 4.39 Å². The first-order valence-corrected chi connectivity index (χ1v) is 6.76. The van der Waals surface area contributed by atoms with E-state index in [0.717, 1.165) is 26.2 Å². The van der Waals surface area contributed by atoms with Crippen molar-refractivity contribution in [3.8, 4) is 5.75 Å². The Bertz CT molecular complexity index is 414. The van der Waals surface area contributed by atoms with Crippen molar-refractivity contribution in [2.24, 2.45) is 0 Å². The number of rotatable bonds is 5. The minimum Gasteiger partial charge on any atom is -0.508 e. The van der Waals surface area contributed by atoms with Crippen LogP contribution in [-0.4, -0.2) is 47.9 Å². The Hall–Kier alpha value is -0.880. The van der Waals surface area contributed by atoms with Crippen molar-refractivity contribution in [1.29, 1.82) is 0 Å². The predicted molar refractivity (Wildman–Crippen MR) is 78.8 cm³/mol. The standard InChI is InChI=1S/C14H21FN2O2.ClH/c15-11-3-4-14(19)12(10-11)13(2-1-9-18)17-7-5-16-6-8-17;/h3-4,10,13,16,18-19H,1-2,5-9H2;1H/t13-;/m1./s1. The molecule has 0 aliphatic carbocycles. The van der Waals surface area contributed by atoms with E-state index in [1.54, 1.807) is 0 Å². The van der Waals surface area contributed by atoms with Crippen LogP contribution in [0.15, 0.2) is 18.2 Å². The second kappa shape index (κ2) is 8.42. The molecule has 0 bridgehead atoms. The number of benzene rings is 1. The zero-order valence-corrected chi connectivity index (χ0v) is 12.2. The van der Waals surface area contributed by atoms with Gasteiger partial charge >= 0.3 is 0 Å². The molecule has 1 aliphatic heterocycles. The first-order valence-electron chi connectivity index (χ1n) is 6.76. The minimum atomic E-state index is -0.336. The van der Waals surface area contributed by atoms with E-state index in [9.17, 15) is 9.50 Å². The molecule has 0 unspecified atom stereocenters. The first kappa shape index (κ1) is 17.2. The van der Waals surface area contributed by atoms with E-state index in [4.69, 9.17) is 5.11 Å². The molecule has 1 fully saturated rings. The number of aliphatic hydroxyl groups is 1. The van der Waals surface area contributed by atoms with Gasteiger partial charge in [-0.3, -0.25) is 4.90 Å². The molecule has 6 heteroatoms. The first-order chi connectivity index (χ1) is 9.22. The van der Waals surface area contributed by atoms with Gasteiger partial charge in [0.25, 0.3) is 0 Å². The number of aromatic hydroxyl groups is 1. The average molecular weight is 305 g/mol. The topological polar surface area (TPSA) is 55.7 Å². The van der Waals surface area contributed by atoms with E-state index in [2.05, 4.69) is 10.2 Å². The van der Waals surface area contributed by atoms with Crippen LogP contribution in [0.1, 0.15) is 24.4 Å². The number of nitrogens with zero attached hydrogens (tertiary/aromatic N) is 1. The molecule has 0 aromatic heterocycles. The second-order valence-electron chi connectivity index (χ2n) is 4.87. The summed E-state index contributed by atoms with van der Waals surface area (Å²) >= 11 is 0. The van der Waals surface area contributed by atoms with Gasteiger partial charge in [-0.15, -0.1) is 12.4 Å². The number of nitrogens with one attached hydrogen (secondary N) is 1. The van der Waals surface area contributed by atoms with Crippen LogP contribution in [0, 0.1) is 5.82 Å². The monoisotopic (exact) mass is 304 g/mol. The van der Waals surface area contributed by atoms with Gasteiger partial charge in [0.15, 0.2) is 0 Å². The lowest BCUT2D eigenvalue weighted by molar-refractivity contribution is 0.152. The van der Waals surface area contributed by atoms with Crippen LogP contribution in [0.5, 0.6) is 5.75 Å². The number of hydrogen-bond acceptors (Lipinski definition) is 4. The maximum Gasteiger partial charge on any atom is 0.123 e. The summed E-state index contributed by atoms with van der Waals surface area (Å²) in [5, 5.41) is 22.3. The SMILES string of the molecule is Cl.OCCC[C@H](c1cc(F)ccc1O)N1CCNCC1. The van der Waals surface area contributed by atoms with Crippen LogP contribution < -0.4 is 5.32 Å². The minimum absolute atomic E-state index is 0. The number of phenolic OH excluding ortho intramolecular Hbond substituents is 1. The lowest BCUT2D eigenvalue weighted by Gasteiger charge is -2.35. The number of aliphatic hydroxyl groups excluding tert-OH is 1. The Balaban J connectivity index is 0.00000200. The summed E-state index contributed by atoms with van der Waals surface area (Å²) in [5.74, 6) is -0.209. The highest BCUT2D eigenvalue weighted by molar-refractivity contribution is 5.85. The molecule has 2 rings (SSSR count). The lowest BCUT2D eigenvalue weighted by atomic mass is 9.98. The number of halogens is 2. The van der Waals surface area contributed by atoms with Crippen LogP contribution in [-0.2, 0) is 0 Å². The van der Waals surface area contributed by atoms with Gasteiger partial charge in [-0.05, 0) is 31.0 Å². The number of piperazine rings is 1. The van der Waals surface area contributed by atoms with Gasteiger partial charge < -0.3 is 15.5 Å². The molecule has 0 spiro atoms. The Morgan fingerprint density at radius 2 is 2.00 bits per heavy atom. The molecule has 0 radical (unpaired) electrons. The molecule has 1 aromatic rings. The molecular formula is C14H22ClFN2O2. The van der Waals surface area contributed by atoms with Gasteiger partial charge in [0.1, 0.15) is 11.6 Å². The predicted octanol–water partition coefficient (Wildman–Crippen LogP) is 1.67. The van der Waals surface area contributed by atoms with Crippen molar-refractivity contribution >= 4 is 12.4 Å². The summed E-state index contributed by atoms with van der Waals surface area (Å²) in [6.07, 6.45) is 1.36. The number of hydrogen-bond donors (Lipinski definition) is 3. The molecule has 1 atom stereocenters. The molecule has 1 heterocycles. The molecule has 114 valence electrons. The Labute approximate surface area is 125 Å². The third-order valence-electron chi connectivity index (χ3n) is 3.58. The Morgan fingerprint density at radius 3 is 2.65 bits per heavy atom. The summed E-state index contributed by atoms with van der Waals surface area (Å²) in [5.41, 5.74) is 0.621. The fourth-order valence-electron chi connectivity index (χ4n) is 2.61. The highest BCUT2D eigenvalue weighted by Crippen LogP contribution is 2.32. The van der Waals surface area contributed by atoms with E-state index in [1.807, 2.05) is 0 Å². The van der Waals surface area contributed by atoms with Gasteiger partial charge in [0, 0.05) is 44.4 Å². The van der Waals surface area contributed by atoms with Crippen molar-refractivity contribution < 1.29 is 14.6 Å². The molecule has 1 saturated heterocycles. The van der Waals surface area contributed by atoms with Crippen LogP contribution >= 0.6 is 12.4 Å². The lowest BCUT2D eigenvalue weighted by Crippen LogP contribution is -2.45. The zero-order valence-electron chi connectivity index (χ0n) is 11.4. The van der Waals surface area contributed by atoms with E-state index < -0.39 is 0 Å². The van der Waals surface area contributed by atoms with Gasteiger partial charge in [-0.25, -0.2) is 4.39 Å². The molecule has 3 N–H and O–H groups in total. The van der Waals surface area contributed by atoms with E-state index in [0.29, 0.717) is 18.4 Å². The maximum atomic E-state index is 13.4. The fraction of sp³-hybridized carbons (Fsp3) is 0.571. The summed E-state index contributed by atoms with van der Waals surface area (Å²) in [4.78, 5) is 2.24. The number of phenols is 1. The zero-order chi connectivity index (χ0) is 13.7. The molecule has 0 amide bonds. The van der Waals surface area contributed by atoms with Crippen LogP contribution in [0.2, 0.25) is 0 Å². The second-order valence-corrected chi connectivity index (χ2v) is 4.87. The average Bonchev–Trinajstić information content (AvgIpc) is 2.44. The van der Waals surface area contributed by atoms with Crippen LogP contribution in [0.3, 0.4) is 0 Å². The van der Waals surface area contributed by atoms with Crippen molar-refractivity contribution in [2.45, 2.75) is 18.9 Å². The van der Waals surface area contributed by atoms with Gasteiger partial charge in [-0.1, -0.05) is 0 Å². The van der Waals surface area contributed by atoms with Crippen LogP contribution in [0.25, 0.3) is 0 Å². The highest BCUT2D eigenvalue weighted by Gasteiger charge is 2.24. The van der Waals surface area contributed by atoms with Gasteiger partial charge in [-0.2, -0.15) is 0 Å². The van der Waals surface area contributed by atoms with E-state index in [-0.39, 0.29) is 36.6 Å². The summed E-state index contributed by atoms with van der Waals surface area (Å²) in [6.45, 7) is 3.63. The molecule has 1 aliphatic rings. The Kier molecular flexibility index (Phi) is 7.23. The van der Waals surface area contributed by atoms with Crippen molar-refractivity contribution in [3.05, 3.63) is 29.6 Å².